The van der Waals surface area contributed by atoms with Crippen molar-refractivity contribution in [2.75, 3.05) is 11.9 Å². The highest BCUT2D eigenvalue weighted by molar-refractivity contribution is 7.18. The Balaban J connectivity index is 1.89. The second-order valence-electron chi connectivity index (χ2n) is 7.86. The summed E-state index contributed by atoms with van der Waals surface area (Å²) in [4.78, 5) is 10.00. The van der Waals surface area contributed by atoms with Gasteiger partial charge in [-0.05, 0) is 45.4 Å². The number of pyridine rings is 1. The largest absolute Gasteiger partial charge is 0.489 e. The minimum Gasteiger partial charge on any atom is -0.489 e. The Labute approximate surface area is 196 Å². The molecule has 32 heavy (non-hydrogen) atoms. The summed E-state index contributed by atoms with van der Waals surface area (Å²) in [5, 5.41) is 13.9. The monoisotopic (exact) mass is 478 g/mol. The van der Waals surface area contributed by atoms with E-state index in [0.29, 0.717) is 23.0 Å². The number of anilines is 1. The second kappa shape index (κ2) is 10.6. The number of nitrogens with zero attached hydrogens (tertiary/aromatic N) is 2. The van der Waals surface area contributed by atoms with Crippen molar-refractivity contribution in [2.45, 2.75) is 52.3 Å². The van der Waals surface area contributed by atoms with Crippen LogP contribution in [0.4, 0.5) is 10.2 Å². The minimum absolute atomic E-state index is 0.00456. The Bertz CT molecular complexity index is 1060. The maximum absolute atomic E-state index is 14.8. The number of aryl methyl sites for hydroxylation is 1. The number of hydrogen-bond donors (Lipinski definition) is 3. The molecule has 3 rings (SSSR count). The van der Waals surface area contributed by atoms with Crippen LogP contribution >= 0.6 is 22.9 Å². The van der Waals surface area contributed by atoms with Gasteiger partial charge in [-0.1, -0.05) is 18.5 Å². The summed E-state index contributed by atoms with van der Waals surface area (Å²) in [5.74, 6) is 0.243. The molecule has 3 aromatic rings. The molecule has 172 valence electrons. The van der Waals surface area contributed by atoms with E-state index in [9.17, 15) is 9.50 Å². The van der Waals surface area contributed by atoms with Crippen molar-refractivity contribution in [3.63, 3.8) is 0 Å². The van der Waals surface area contributed by atoms with Crippen molar-refractivity contribution in [1.29, 1.82) is 0 Å². The Morgan fingerprint density at radius 1 is 1.28 bits per heavy atom. The third-order valence-electron chi connectivity index (χ3n) is 4.80. The number of rotatable bonds is 9. The molecule has 0 amide bonds. The molecule has 0 saturated carbocycles. The molecule has 1 aromatic carbocycles. The number of nitrogens with one attached hydrogen (secondary N) is 1. The van der Waals surface area contributed by atoms with Crippen LogP contribution in [-0.4, -0.2) is 39.9 Å². The summed E-state index contributed by atoms with van der Waals surface area (Å²) in [7, 11) is 0. The number of aliphatic hydroxyl groups excluding tert-OH is 1. The molecule has 2 atom stereocenters. The number of aromatic nitrogens is 2. The number of benzene rings is 1. The third kappa shape index (κ3) is 5.75. The van der Waals surface area contributed by atoms with Gasteiger partial charge in [0.2, 0.25) is 0 Å². The van der Waals surface area contributed by atoms with Crippen LogP contribution in [0, 0.1) is 5.82 Å². The van der Waals surface area contributed by atoms with E-state index in [-0.39, 0.29) is 12.4 Å². The van der Waals surface area contributed by atoms with E-state index in [4.69, 9.17) is 27.1 Å². The van der Waals surface area contributed by atoms with Gasteiger partial charge >= 0.3 is 0 Å². The minimum atomic E-state index is -0.764. The van der Waals surface area contributed by atoms with Gasteiger partial charge in [-0.15, -0.1) is 11.3 Å². The average molecular weight is 479 g/mol. The number of halogens is 2. The molecular formula is C23H28ClFN4O2S. The predicted octanol–water partition coefficient (Wildman–Crippen LogP) is 5.13. The normalized spacial score (nSPS) is 13.3. The van der Waals surface area contributed by atoms with Gasteiger partial charge in [0, 0.05) is 29.4 Å². The van der Waals surface area contributed by atoms with Crippen molar-refractivity contribution in [3.8, 4) is 26.8 Å². The average Bonchev–Trinajstić information content (AvgIpc) is 3.18. The van der Waals surface area contributed by atoms with E-state index in [0.717, 1.165) is 27.0 Å². The number of nitrogens with two attached hydrogens (primary N) is 1. The van der Waals surface area contributed by atoms with Gasteiger partial charge in [0.05, 0.1) is 27.7 Å². The molecule has 0 aliphatic heterocycles. The van der Waals surface area contributed by atoms with Crippen LogP contribution < -0.4 is 15.8 Å². The zero-order valence-electron chi connectivity index (χ0n) is 18.5. The fraction of sp³-hybridized carbons (Fsp3) is 0.391. The van der Waals surface area contributed by atoms with Gasteiger partial charge in [-0.2, -0.15) is 0 Å². The lowest BCUT2D eigenvalue weighted by Crippen LogP contribution is -2.38. The lowest BCUT2D eigenvalue weighted by atomic mass is 10.1. The van der Waals surface area contributed by atoms with Crippen molar-refractivity contribution in [2.24, 2.45) is 5.73 Å². The van der Waals surface area contributed by atoms with E-state index in [2.05, 4.69) is 24.1 Å². The Kier molecular flexibility index (Phi) is 8.05. The fourth-order valence-corrected chi connectivity index (χ4v) is 4.44. The van der Waals surface area contributed by atoms with Gasteiger partial charge in [0.15, 0.2) is 11.6 Å². The van der Waals surface area contributed by atoms with Gasteiger partial charge in [0.25, 0.3) is 0 Å². The first-order chi connectivity index (χ1) is 15.2. The fourth-order valence-electron chi connectivity index (χ4n) is 2.97. The van der Waals surface area contributed by atoms with Crippen molar-refractivity contribution < 1.29 is 14.2 Å². The first-order valence-corrected chi connectivity index (χ1v) is 11.7. The molecule has 0 radical (unpaired) electrons. The molecule has 2 heterocycles. The summed E-state index contributed by atoms with van der Waals surface area (Å²) >= 11 is 7.94. The molecule has 0 saturated heterocycles. The Morgan fingerprint density at radius 2 is 2.03 bits per heavy atom. The van der Waals surface area contributed by atoms with Crippen molar-refractivity contribution >= 4 is 28.8 Å². The zero-order chi connectivity index (χ0) is 23.4. The Hall–Kier alpha value is -2.26. The predicted molar refractivity (Wildman–Crippen MR) is 129 cm³/mol. The number of thiazole rings is 1. The molecule has 4 N–H and O–H groups in total. The van der Waals surface area contributed by atoms with Gasteiger partial charge in [-0.3, -0.25) is 0 Å². The highest BCUT2D eigenvalue weighted by atomic mass is 35.5. The van der Waals surface area contributed by atoms with E-state index in [1.807, 2.05) is 19.1 Å². The van der Waals surface area contributed by atoms with E-state index >= 15 is 0 Å². The quantitative estimate of drug-likeness (QED) is 0.394. The zero-order valence-corrected chi connectivity index (χ0v) is 20.1. The van der Waals surface area contributed by atoms with Gasteiger partial charge in [-0.25, -0.2) is 14.4 Å². The first-order valence-electron chi connectivity index (χ1n) is 10.5. The topological polar surface area (TPSA) is 93.3 Å². The van der Waals surface area contributed by atoms with Crippen LogP contribution in [0.1, 0.15) is 33.4 Å². The highest BCUT2D eigenvalue weighted by Gasteiger charge is 2.19. The molecule has 0 aliphatic rings. The van der Waals surface area contributed by atoms with Crippen LogP contribution in [-0.2, 0) is 6.42 Å². The molecule has 0 aliphatic carbocycles. The summed E-state index contributed by atoms with van der Waals surface area (Å²) < 4.78 is 20.2. The standard InChI is InChI=1S/C23H28ClFN4O2S/c1-5-19-22(32-23(29-19)14-6-7-21(27-10-14)28-12(2)3)15-8-17(25)20(9-16(15)24)31-11-18(26)13(4)30/h6-10,12-13,18,30H,5,11,26H2,1-4H3,(H,27,28). The van der Waals surface area contributed by atoms with Crippen LogP contribution in [0.2, 0.25) is 5.02 Å². The molecule has 2 unspecified atom stereocenters. The van der Waals surface area contributed by atoms with Gasteiger partial charge < -0.3 is 20.9 Å². The summed E-state index contributed by atoms with van der Waals surface area (Å²) in [5.41, 5.74) is 8.03. The first kappa shape index (κ1) is 24.4. The van der Waals surface area contributed by atoms with Crippen LogP contribution in [0.15, 0.2) is 30.5 Å². The third-order valence-corrected chi connectivity index (χ3v) is 6.29. The highest BCUT2D eigenvalue weighted by Crippen LogP contribution is 2.41. The maximum Gasteiger partial charge on any atom is 0.165 e. The maximum atomic E-state index is 14.8. The lowest BCUT2D eigenvalue weighted by Gasteiger charge is -2.16. The molecule has 0 spiro atoms. The number of hydrogen-bond acceptors (Lipinski definition) is 7. The van der Waals surface area contributed by atoms with Crippen LogP contribution in [0.25, 0.3) is 21.0 Å². The molecule has 9 heteroatoms. The summed E-state index contributed by atoms with van der Waals surface area (Å²) in [6.07, 6.45) is 1.68. The lowest BCUT2D eigenvalue weighted by molar-refractivity contribution is 0.129. The summed E-state index contributed by atoms with van der Waals surface area (Å²) in [6.45, 7) is 7.63. The van der Waals surface area contributed by atoms with Gasteiger partial charge in [0.1, 0.15) is 17.4 Å². The molecule has 6 nitrogen and oxygen atoms in total. The smallest absolute Gasteiger partial charge is 0.165 e. The van der Waals surface area contributed by atoms with E-state index < -0.39 is 18.0 Å². The summed E-state index contributed by atoms with van der Waals surface area (Å²) in [6, 6.07) is 6.34. The molecule has 2 aromatic heterocycles. The molecule has 0 bridgehead atoms. The molecule has 0 fully saturated rings. The number of aliphatic hydroxyl groups is 1. The van der Waals surface area contributed by atoms with Crippen LogP contribution in [0.3, 0.4) is 0 Å². The van der Waals surface area contributed by atoms with Crippen molar-refractivity contribution in [1.82, 2.24) is 9.97 Å². The molecular weight excluding hydrogens is 451 g/mol. The van der Waals surface area contributed by atoms with E-state index in [1.165, 1.54) is 23.5 Å². The van der Waals surface area contributed by atoms with E-state index in [1.54, 1.807) is 13.1 Å². The Morgan fingerprint density at radius 3 is 2.62 bits per heavy atom. The second-order valence-corrected chi connectivity index (χ2v) is 9.26. The SMILES string of the molecule is CCc1nc(-c2ccc(NC(C)C)nc2)sc1-c1cc(F)c(OCC(N)C(C)O)cc1Cl. The van der Waals surface area contributed by atoms with Crippen molar-refractivity contribution in [3.05, 3.63) is 47.0 Å². The number of ether oxygens (including phenoxy) is 1. The van der Waals surface area contributed by atoms with Crippen LogP contribution in [0.5, 0.6) is 5.75 Å².